The Bertz CT molecular complexity index is 468. The summed E-state index contributed by atoms with van der Waals surface area (Å²) in [6.07, 6.45) is 2.57. The highest BCUT2D eigenvalue weighted by atomic mass is 32.2. The van der Waals surface area contributed by atoms with Crippen LogP contribution in [0.15, 0.2) is 24.3 Å². The van der Waals surface area contributed by atoms with Crippen molar-refractivity contribution < 1.29 is 8.42 Å². The molecule has 0 saturated heterocycles. The fourth-order valence-electron chi connectivity index (χ4n) is 1.79. The second-order valence-corrected chi connectivity index (χ2v) is 6.51. The molecule has 1 N–H and O–H groups in total. The van der Waals surface area contributed by atoms with E-state index in [0.717, 1.165) is 24.1 Å². The Kier molecular flexibility index (Phi) is 5.66. The fourth-order valence-corrected chi connectivity index (χ4v) is 3.08. The smallest absolute Gasteiger partial charge is 0.232 e. The van der Waals surface area contributed by atoms with Crippen LogP contribution >= 0.6 is 0 Å². The lowest BCUT2D eigenvalue weighted by atomic mass is 9.97. The topological polar surface area (TPSA) is 46.2 Å². The van der Waals surface area contributed by atoms with Gasteiger partial charge in [0.1, 0.15) is 0 Å². The maximum atomic E-state index is 11.9. The van der Waals surface area contributed by atoms with Gasteiger partial charge in [-0.15, -0.1) is 0 Å². The molecule has 0 aromatic heterocycles. The van der Waals surface area contributed by atoms with E-state index in [1.165, 1.54) is 0 Å². The molecule has 0 aliphatic rings. The van der Waals surface area contributed by atoms with Crippen molar-refractivity contribution in [2.45, 2.75) is 46.0 Å². The number of benzene rings is 1. The monoisotopic (exact) mass is 269 g/mol. The highest BCUT2D eigenvalue weighted by molar-refractivity contribution is 7.92. The first-order valence-corrected chi connectivity index (χ1v) is 8.24. The van der Waals surface area contributed by atoms with Crippen LogP contribution in [0.2, 0.25) is 0 Å². The summed E-state index contributed by atoms with van der Waals surface area (Å²) in [5.74, 6) is 0.549. The zero-order chi connectivity index (χ0) is 13.6. The van der Waals surface area contributed by atoms with Gasteiger partial charge in [0.05, 0.1) is 11.4 Å². The Morgan fingerprint density at radius 1 is 1.22 bits per heavy atom. The normalized spacial score (nSPS) is 13.3. The van der Waals surface area contributed by atoms with E-state index in [9.17, 15) is 8.42 Å². The van der Waals surface area contributed by atoms with Crippen LogP contribution < -0.4 is 4.72 Å². The molecule has 0 radical (unpaired) electrons. The van der Waals surface area contributed by atoms with Crippen molar-refractivity contribution in [2.24, 2.45) is 0 Å². The molecular weight excluding hydrogens is 246 g/mol. The third-order valence-corrected chi connectivity index (χ3v) is 4.49. The number of hydrogen-bond acceptors (Lipinski definition) is 2. The van der Waals surface area contributed by atoms with E-state index >= 15 is 0 Å². The number of para-hydroxylation sites is 1. The van der Waals surface area contributed by atoms with E-state index in [4.69, 9.17) is 0 Å². The molecule has 1 aromatic carbocycles. The van der Waals surface area contributed by atoms with Crippen LogP contribution in [-0.2, 0) is 10.0 Å². The molecule has 0 bridgehead atoms. The Morgan fingerprint density at radius 3 is 2.50 bits per heavy atom. The van der Waals surface area contributed by atoms with Gasteiger partial charge in [0.25, 0.3) is 0 Å². The zero-order valence-electron chi connectivity index (χ0n) is 11.4. The van der Waals surface area contributed by atoms with Crippen LogP contribution in [-0.4, -0.2) is 14.2 Å². The van der Waals surface area contributed by atoms with E-state index in [1.54, 1.807) is 0 Å². The van der Waals surface area contributed by atoms with Crippen LogP contribution in [0, 0.1) is 0 Å². The molecule has 0 spiro atoms. The summed E-state index contributed by atoms with van der Waals surface area (Å²) in [7, 11) is -3.21. The van der Waals surface area contributed by atoms with E-state index in [-0.39, 0.29) is 5.75 Å². The van der Waals surface area contributed by atoms with Gasteiger partial charge >= 0.3 is 0 Å². The Labute approximate surface area is 111 Å². The summed E-state index contributed by atoms with van der Waals surface area (Å²) < 4.78 is 26.5. The molecule has 0 aliphatic heterocycles. The molecule has 1 aromatic rings. The van der Waals surface area contributed by atoms with Crippen molar-refractivity contribution in [1.29, 1.82) is 0 Å². The summed E-state index contributed by atoms with van der Waals surface area (Å²) in [6, 6.07) is 7.64. The Balaban J connectivity index is 2.90. The van der Waals surface area contributed by atoms with Crippen LogP contribution in [0.5, 0.6) is 0 Å². The molecule has 18 heavy (non-hydrogen) atoms. The van der Waals surface area contributed by atoms with Gasteiger partial charge in [0.15, 0.2) is 0 Å². The minimum Gasteiger partial charge on any atom is -0.283 e. The summed E-state index contributed by atoms with van der Waals surface area (Å²) in [5.41, 5.74) is 1.79. The van der Waals surface area contributed by atoms with Crippen LogP contribution in [0.3, 0.4) is 0 Å². The lowest BCUT2D eigenvalue weighted by Gasteiger charge is -2.16. The minimum atomic E-state index is -3.21. The molecule has 0 heterocycles. The average Bonchev–Trinajstić information content (AvgIpc) is 2.36. The highest BCUT2D eigenvalue weighted by Crippen LogP contribution is 2.27. The van der Waals surface area contributed by atoms with Crippen molar-refractivity contribution in [3.05, 3.63) is 29.8 Å². The number of sulfonamides is 1. The summed E-state index contributed by atoms with van der Waals surface area (Å²) in [6.45, 7) is 6.20. The van der Waals surface area contributed by atoms with Crippen molar-refractivity contribution >= 4 is 15.7 Å². The SMILES string of the molecule is CCCCS(=O)(=O)Nc1ccccc1C(C)CC. The van der Waals surface area contributed by atoms with Crippen molar-refractivity contribution in [1.82, 2.24) is 0 Å². The van der Waals surface area contributed by atoms with Crippen LogP contribution in [0.25, 0.3) is 0 Å². The summed E-state index contributed by atoms with van der Waals surface area (Å²) >= 11 is 0. The maximum Gasteiger partial charge on any atom is 0.232 e. The van der Waals surface area contributed by atoms with E-state index < -0.39 is 10.0 Å². The molecule has 0 amide bonds. The number of rotatable bonds is 7. The molecule has 1 atom stereocenters. The molecule has 4 heteroatoms. The average molecular weight is 269 g/mol. The first kappa shape index (κ1) is 15.0. The molecule has 0 fully saturated rings. The first-order chi connectivity index (χ1) is 8.50. The molecule has 0 saturated carbocycles. The van der Waals surface area contributed by atoms with Crippen molar-refractivity contribution in [3.8, 4) is 0 Å². The minimum absolute atomic E-state index is 0.193. The lowest BCUT2D eigenvalue weighted by Crippen LogP contribution is -2.17. The van der Waals surface area contributed by atoms with E-state index in [1.807, 2.05) is 31.2 Å². The second-order valence-electron chi connectivity index (χ2n) is 4.67. The van der Waals surface area contributed by atoms with Gasteiger partial charge < -0.3 is 0 Å². The molecule has 1 unspecified atom stereocenters. The number of unbranched alkanes of at least 4 members (excludes halogenated alkanes) is 1. The molecule has 3 nitrogen and oxygen atoms in total. The molecule has 102 valence electrons. The summed E-state index contributed by atoms with van der Waals surface area (Å²) in [4.78, 5) is 0. The summed E-state index contributed by atoms with van der Waals surface area (Å²) in [5, 5.41) is 0. The molecular formula is C14H23NO2S. The quantitative estimate of drug-likeness (QED) is 0.819. The van der Waals surface area contributed by atoms with Gasteiger partial charge in [-0.1, -0.05) is 45.4 Å². The van der Waals surface area contributed by atoms with Crippen molar-refractivity contribution in [3.63, 3.8) is 0 Å². The molecule has 0 aliphatic carbocycles. The fraction of sp³-hybridized carbons (Fsp3) is 0.571. The lowest BCUT2D eigenvalue weighted by molar-refractivity contribution is 0.597. The van der Waals surface area contributed by atoms with Gasteiger partial charge in [-0.2, -0.15) is 0 Å². The predicted molar refractivity (Wildman–Crippen MR) is 77.5 cm³/mol. The third-order valence-electron chi connectivity index (χ3n) is 3.14. The standard InChI is InChI=1S/C14H23NO2S/c1-4-6-11-18(16,17)15-14-10-8-7-9-13(14)12(3)5-2/h7-10,12,15H,4-6,11H2,1-3H3. The predicted octanol–water partition coefficient (Wildman–Crippen LogP) is 3.74. The van der Waals surface area contributed by atoms with Crippen LogP contribution in [0.1, 0.15) is 51.5 Å². The Hall–Kier alpha value is -1.03. The van der Waals surface area contributed by atoms with Gasteiger partial charge in [0, 0.05) is 0 Å². The first-order valence-electron chi connectivity index (χ1n) is 6.59. The van der Waals surface area contributed by atoms with E-state index in [0.29, 0.717) is 12.3 Å². The maximum absolute atomic E-state index is 11.9. The van der Waals surface area contributed by atoms with Gasteiger partial charge in [0.2, 0.25) is 10.0 Å². The van der Waals surface area contributed by atoms with E-state index in [2.05, 4.69) is 18.6 Å². The third kappa shape index (κ3) is 4.33. The highest BCUT2D eigenvalue weighted by Gasteiger charge is 2.14. The second kappa shape index (κ2) is 6.78. The molecule has 1 rings (SSSR count). The van der Waals surface area contributed by atoms with Crippen molar-refractivity contribution in [2.75, 3.05) is 10.5 Å². The van der Waals surface area contributed by atoms with Gasteiger partial charge in [-0.25, -0.2) is 8.42 Å². The van der Waals surface area contributed by atoms with Crippen LogP contribution in [0.4, 0.5) is 5.69 Å². The van der Waals surface area contributed by atoms with Gasteiger partial charge in [-0.3, -0.25) is 4.72 Å². The van der Waals surface area contributed by atoms with Gasteiger partial charge in [-0.05, 0) is 30.4 Å². The Morgan fingerprint density at radius 2 is 1.89 bits per heavy atom. The largest absolute Gasteiger partial charge is 0.283 e. The number of hydrogen-bond donors (Lipinski definition) is 1. The zero-order valence-corrected chi connectivity index (χ0v) is 12.3. The number of anilines is 1. The number of nitrogens with one attached hydrogen (secondary N) is 1.